The molecule has 0 spiro atoms. The topological polar surface area (TPSA) is 13.1 Å². The second kappa shape index (κ2) is 9.13. The minimum atomic E-state index is 0.917. The van der Waals surface area contributed by atoms with Crippen LogP contribution in [-0.4, -0.2) is 0 Å². The Kier molecular flexibility index (Phi) is 4.77. The van der Waals surface area contributed by atoms with Crippen molar-refractivity contribution in [3.63, 3.8) is 0 Å². The molecule has 12 rings (SSSR count). The van der Waals surface area contributed by atoms with Crippen LogP contribution in [0.2, 0.25) is 0 Å². The molecule has 1 nitrogen and oxygen atoms in total. The van der Waals surface area contributed by atoms with Crippen molar-refractivity contribution in [1.29, 1.82) is 0 Å². The molecule has 11 aromatic carbocycles. The SMILES string of the molecule is c1ccc2c(c1)ccc1oc3c(-c4ccc5ccc6cccc7ccc4c5c67)cc(-c4cc5ccc6cccc7ccc(c4)c5c67)cc3c12. The molecule has 0 aliphatic carbocycles. The average molecular weight is 619 g/mol. The highest BCUT2D eigenvalue weighted by molar-refractivity contribution is 6.28. The molecule has 12 aromatic rings. The van der Waals surface area contributed by atoms with E-state index in [0.29, 0.717) is 0 Å². The molecule has 0 N–H and O–H groups in total. The van der Waals surface area contributed by atoms with Crippen LogP contribution in [0.5, 0.6) is 0 Å². The molecule has 0 amide bonds. The molecule has 0 aliphatic heterocycles. The number of furan rings is 1. The maximum absolute atomic E-state index is 6.89. The van der Waals surface area contributed by atoms with Crippen molar-refractivity contribution in [2.45, 2.75) is 0 Å². The molecule has 0 bridgehead atoms. The Morgan fingerprint density at radius 3 is 1.55 bits per heavy atom. The fourth-order valence-corrected chi connectivity index (χ4v) is 8.91. The van der Waals surface area contributed by atoms with E-state index in [2.05, 4.69) is 158 Å². The molecule has 0 fully saturated rings. The van der Waals surface area contributed by atoms with E-state index in [0.717, 1.165) is 22.1 Å². The first-order valence-corrected chi connectivity index (χ1v) is 17.0. The molecular formula is C48H26O. The summed E-state index contributed by atoms with van der Waals surface area (Å²) in [5.41, 5.74) is 6.56. The summed E-state index contributed by atoms with van der Waals surface area (Å²) in [6, 6.07) is 58.5. The van der Waals surface area contributed by atoms with E-state index in [1.807, 2.05) is 0 Å². The van der Waals surface area contributed by atoms with Crippen molar-refractivity contribution in [2.75, 3.05) is 0 Å². The number of hydrogen-bond donors (Lipinski definition) is 0. The molecule has 0 atom stereocenters. The van der Waals surface area contributed by atoms with Crippen LogP contribution in [0.15, 0.2) is 162 Å². The first-order valence-electron chi connectivity index (χ1n) is 17.0. The molecule has 49 heavy (non-hydrogen) atoms. The van der Waals surface area contributed by atoms with E-state index in [-0.39, 0.29) is 0 Å². The van der Waals surface area contributed by atoms with Gasteiger partial charge in [-0.25, -0.2) is 0 Å². The standard InChI is InChI=1S/C48H26O/c1-2-10-37-27(5-1)19-22-42-47(37)41-26-36(35-23-33-15-13-28-6-3-7-29-14-16-34(24-35)45(33)43(28)29)25-40(48(41)49-42)38-20-17-32-12-11-30-8-4-9-31-18-21-39(38)46(32)44(30)31/h1-26H. The van der Waals surface area contributed by atoms with E-state index in [1.165, 1.54) is 97.5 Å². The Morgan fingerprint density at radius 1 is 0.286 bits per heavy atom. The number of benzene rings is 11. The van der Waals surface area contributed by atoms with Gasteiger partial charge in [-0.15, -0.1) is 0 Å². The van der Waals surface area contributed by atoms with Crippen LogP contribution in [0.3, 0.4) is 0 Å². The van der Waals surface area contributed by atoms with Crippen LogP contribution in [-0.2, 0) is 0 Å². The quantitative estimate of drug-likeness (QED) is 0.176. The van der Waals surface area contributed by atoms with E-state index in [9.17, 15) is 0 Å². The third kappa shape index (κ3) is 3.39. The Labute approximate surface area is 280 Å². The number of hydrogen-bond acceptors (Lipinski definition) is 1. The summed E-state index contributed by atoms with van der Waals surface area (Å²) < 4.78 is 6.89. The van der Waals surface area contributed by atoms with Crippen molar-refractivity contribution < 1.29 is 4.42 Å². The number of fused-ring (bicyclic) bond motifs is 5. The van der Waals surface area contributed by atoms with Crippen LogP contribution in [0.4, 0.5) is 0 Å². The minimum Gasteiger partial charge on any atom is -0.455 e. The summed E-state index contributed by atoms with van der Waals surface area (Å²) in [5.74, 6) is 0. The molecule has 0 aliphatic rings. The Bertz CT molecular complexity index is 3240. The zero-order valence-corrected chi connectivity index (χ0v) is 26.4. The van der Waals surface area contributed by atoms with Gasteiger partial charge in [0.25, 0.3) is 0 Å². The predicted octanol–water partition coefficient (Wildman–Crippen LogP) is 13.9. The van der Waals surface area contributed by atoms with E-state index < -0.39 is 0 Å². The molecule has 0 unspecified atom stereocenters. The molecule has 1 heteroatoms. The van der Waals surface area contributed by atoms with Gasteiger partial charge in [0.2, 0.25) is 0 Å². The predicted molar refractivity (Wildman–Crippen MR) is 210 cm³/mol. The van der Waals surface area contributed by atoms with Crippen LogP contribution in [0.25, 0.3) is 120 Å². The van der Waals surface area contributed by atoms with E-state index >= 15 is 0 Å². The Hall–Kier alpha value is -6.44. The maximum Gasteiger partial charge on any atom is 0.143 e. The van der Waals surface area contributed by atoms with E-state index in [1.54, 1.807) is 0 Å². The minimum absolute atomic E-state index is 0.917. The second-order valence-electron chi connectivity index (χ2n) is 13.6. The lowest BCUT2D eigenvalue weighted by Crippen LogP contribution is -1.89. The van der Waals surface area contributed by atoms with Gasteiger partial charge in [-0.05, 0) is 122 Å². The van der Waals surface area contributed by atoms with Gasteiger partial charge in [0.05, 0.1) is 0 Å². The molecule has 0 saturated heterocycles. The number of rotatable bonds is 2. The highest BCUT2D eigenvalue weighted by Gasteiger charge is 2.20. The highest BCUT2D eigenvalue weighted by atomic mass is 16.3. The van der Waals surface area contributed by atoms with Crippen molar-refractivity contribution in [1.82, 2.24) is 0 Å². The zero-order valence-electron chi connectivity index (χ0n) is 26.4. The van der Waals surface area contributed by atoms with Crippen LogP contribution < -0.4 is 0 Å². The van der Waals surface area contributed by atoms with Crippen molar-refractivity contribution in [3.8, 4) is 22.3 Å². The first-order chi connectivity index (χ1) is 24.3. The Morgan fingerprint density at radius 2 is 0.816 bits per heavy atom. The molecule has 0 radical (unpaired) electrons. The normalized spacial score (nSPS) is 12.5. The highest BCUT2D eigenvalue weighted by Crippen LogP contribution is 2.46. The van der Waals surface area contributed by atoms with Crippen molar-refractivity contribution >= 4 is 97.3 Å². The lowest BCUT2D eigenvalue weighted by Gasteiger charge is -2.16. The van der Waals surface area contributed by atoms with Gasteiger partial charge >= 0.3 is 0 Å². The largest absolute Gasteiger partial charge is 0.455 e. The summed E-state index contributed by atoms with van der Waals surface area (Å²) in [4.78, 5) is 0. The van der Waals surface area contributed by atoms with Gasteiger partial charge in [-0.2, -0.15) is 0 Å². The fourth-order valence-electron chi connectivity index (χ4n) is 8.91. The van der Waals surface area contributed by atoms with Crippen molar-refractivity contribution in [2.24, 2.45) is 0 Å². The molecule has 1 aromatic heterocycles. The van der Waals surface area contributed by atoms with Crippen molar-refractivity contribution in [3.05, 3.63) is 158 Å². The third-order valence-electron chi connectivity index (χ3n) is 11.1. The average Bonchev–Trinajstić information content (AvgIpc) is 3.55. The van der Waals surface area contributed by atoms with Crippen LogP contribution in [0.1, 0.15) is 0 Å². The molecule has 0 saturated carbocycles. The monoisotopic (exact) mass is 618 g/mol. The maximum atomic E-state index is 6.89. The van der Waals surface area contributed by atoms with Gasteiger partial charge in [0, 0.05) is 16.3 Å². The summed E-state index contributed by atoms with van der Waals surface area (Å²) in [6.45, 7) is 0. The van der Waals surface area contributed by atoms with Gasteiger partial charge < -0.3 is 4.42 Å². The third-order valence-corrected chi connectivity index (χ3v) is 11.1. The van der Waals surface area contributed by atoms with Crippen LogP contribution >= 0.6 is 0 Å². The summed E-state index contributed by atoms with van der Waals surface area (Å²) >= 11 is 0. The second-order valence-corrected chi connectivity index (χ2v) is 13.6. The lowest BCUT2D eigenvalue weighted by atomic mass is 9.87. The fraction of sp³-hybridized carbons (Fsp3) is 0. The Balaban J connectivity index is 1.22. The van der Waals surface area contributed by atoms with Gasteiger partial charge in [-0.1, -0.05) is 127 Å². The molecule has 224 valence electrons. The summed E-state index contributed by atoms with van der Waals surface area (Å²) in [7, 11) is 0. The van der Waals surface area contributed by atoms with Crippen LogP contribution in [0, 0.1) is 0 Å². The first kappa shape index (κ1) is 25.6. The smallest absolute Gasteiger partial charge is 0.143 e. The molecule has 1 heterocycles. The summed E-state index contributed by atoms with van der Waals surface area (Å²) in [6.07, 6.45) is 0. The zero-order chi connectivity index (χ0) is 31.8. The van der Waals surface area contributed by atoms with E-state index in [4.69, 9.17) is 4.42 Å². The molecular weight excluding hydrogens is 593 g/mol. The van der Waals surface area contributed by atoms with Gasteiger partial charge in [0.1, 0.15) is 11.2 Å². The summed E-state index contributed by atoms with van der Waals surface area (Å²) in [5, 5.41) is 20.3. The van der Waals surface area contributed by atoms with Gasteiger partial charge in [0.15, 0.2) is 0 Å². The van der Waals surface area contributed by atoms with Gasteiger partial charge in [-0.3, -0.25) is 0 Å². The lowest BCUT2D eigenvalue weighted by molar-refractivity contribution is 0.670.